The van der Waals surface area contributed by atoms with E-state index < -0.39 is 0 Å². The summed E-state index contributed by atoms with van der Waals surface area (Å²) in [6, 6.07) is 6.04. The summed E-state index contributed by atoms with van der Waals surface area (Å²) in [5, 5.41) is 12.0. The molecule has 110 valence electrons. The van der Waals surface area contributed by atoms with Crippen LogP contribution in [-0.4, -0.2) is 35.7 Å². The molecular weight excluding hydrogens is 252 g/mol. The molecule has 0 saturated heterocycles. The van der Waals surface area contributed by atoms with E-state index in [1.165, 1.54) is 17.5 Å². The first-order valence-electron chi connectivity index (χ1n) is 7.53. The highest BCUT2D eigenvalue weighted by Crippen LogP contribution is 2.25. The highest BCUT2D eigenvalue weighted by atomic mass is 16.3. The number of benzene rings is 1. The number of aryl methyl sites for hydroxylation is 2. The molecule has 20 heavy (non-hydrogen) atoms. The maximum atomic E-state index is 12.2. The molecule has 1 aromatic rings. The second-order valence-corrected chi connectivity index (χ2v) is 5.33. The van der Waals surface area contributed by atoms with Crippen molar-refractivity contribution < 1.29 is 9.90 Å². The molecule has 0 heterocycles. The molecule has 0 fully saturated rings. The lowest BCUT2D eigenvalue weighted by molar-refractivity contribution is 0.187. The van der Waals surface area contributed by atoms with Crippen molar-refractivity contribution in [2.24, 2.45) is 0 Å². The summed E-state index contributed by atoms with van der Waals surface area (Å²) in [6.45, 7) is 3.17. The Hall–Kier alpha value is -1.55. The fourth-order valence-electron chi connectivity index (χ4n) is 2.64. The van der Waals surface area contributed by atoms with Crippen LogP contribution in [0.25, 0.3) is 0 Å². The van der Waals surface area contributed by atoms with Crippen LogP contribution in [0, 0.1) is 0 Å². The van der Waals surface area contributed by atoms with Gasteiger partial charge in [0.05, 0.1) is 6.61 Å². The SMILES string of the molecule is CCCCN(CCO)C(=O)Nc1ccc2c(c1)CCC2. The molecule has 0 atom stereocenters. The number of carbonyl (C=O) groups excluding carboxylic acids is 1. The zero-order valence-corrected chi connectivity index (χ0v) is 12.2. The fraction of sp³-hybridized carbons (Fsp3) is 0.562. The van der Waals surface area contributed by atoms with E-state index in [0.29, 0.717) is 13.1 Å². The van der Waals surface area contributed by atoms with E-state index in [4.69, 9.17) is 5.11 Å². The Morgan fingerprint density at radius 2 is 2.10 bits per heavy atom. The number of anilines is 1. The summed E-state index contributed by atoms with van der Waals surface area (Å²) < 4.78 is 0. The summed E-state index contributed by atoms with van der Waals surface area (Å²) in [5.41, 5.74) is 3.61. The standard InChI is InChI=1S/C16H24N2O2/c1-2-3-9-18(10-11-19)16(20)17-15-8-7-13-5-4-6-14(13)12-15/h7-8,12,19H,2-6,9-11H2,1H3,(H,17,20). The Morgan fingerprint density at radius 3 is 2.85 bits per heavy atom. The number of hydrogen-bond acceptors (Lipinski definition) is 2. The van der Waals surface area contributed by atoms with Gasteiger partial charge in [-0.1, -0.05) is 19.4 Å². The topological polar surface area (TPSA) is 52.6 Å². The van der Waals surface area contributed by atoms with Gasteiger partial charge in [-0.25, -0.2) is 4.79 Å². The lowest BCUT2D eigenvalue weighted by Crippen LogP contribution is -2.37. The number of urea groups is 1. The number of unbranched alkanes of at least 4 members (excludes halogenated alkanes) is 1. The predicted molar refractivity (Wildman–Crippen MR) is 81.1 cm³/mol. The molecule has 0 radical (unpaired) electrons. The monoisotopic (exact) mass is 276 g/mol. The van der Waals surface area contributed by atoms with Crippen molar-refractivity contribution >= 4 is 11.7 Å². The van der Waals surface area contributed by atoms with Crippen LogP contribution >= 0.6 is 0 Å². The zero-order chi connectivity index (χ0) is 14.4. The molecular formula is C16H24N2O2. The van der Waals surface area contributed by atoms with Crippen molar-refractivity contribution in [2.75, 3.05) is 25.0 Å². The smallest absolute Gasteiger partial charge is 0.321 e. The third-order valence-electron chi connectivity index (χ3n) is 3.79. The minimum atomic E-state index is -0.120. The Morgan fingerprint density at radius 1 is 1.30 bits per heavy atom. The first-order valence-corrected chi connectivity index (χ1v) is 7.53. The largest absolute Gasteiger partial charge is 0.395 e. The van der Waals surface area contributed by atoms with Crippen LogP contribution in [0.5, 0.6) is 0 Å². The molecule has 1 aliphatic carbocycles. The number of amides is 2. The molecule has 0 saturated carbocycles. The van der Waals surface area contributed by atoms with Crippen LogP contribution < -0.4 is 5.32 Å². The summed E-state index contributed by atoms with van der Waals surface area (Å²) >= 11 is 0. The van der Waals surface area contributed by atoms with Crippen molar-refractivity contribution in [1.29, 1.82) is 0 Å². The molecule has 0 spiro atoms. The number of hydrogen-bond donors (Lipinski definition) is 2. The third kappa shape index (κ3) is 3.73. The van der Waals surface area contributed by atoms with Crippen LogP contribution in [0.2, 0.25) is 0 Å². The molecule has 0 aromatic heterocycles. The van der Waals surface area contributed by atoms with Gasteiger partial charge in [-0.3, -0.25) is 0 Å². The summed E-state index contributed by atoms with van der Waals surface area (Å²) in [6.07, 6.45) is 5.46. The first-order chi connectivity index (χ1) is 9.74. The fourth-order valence-corrected chi connectivity index (χ4v) is 2.64. The number of rotatable bonds is 6. The maximum absolute atomic E-state index is 12.2. The van der Waals surface area contributed by atoms with Crippen LogP contribution in [0.1, 0.15) is 37.3 Å². The average Bonchev–Trinajstić information content (AvgIpc) is 2.90. The first kappa shape index (κ1) is 14.9. The van der Waals surface area contributed by atoms with Crippen LogP contribution in [0.15, 0.2) is 18.2 Å². The number of aliphatic hydroxyl groups is 1. The van der Waals surface area contributed by atoms with Crippen LogP contribution in [-0.2, 0) is 12.8 Å². The van der Waals surface area contributed by atoms with E-state index >= 15 is 0 Å². The Labute approximate surface area is 120 Å². The minimum Gasteiger partial charge on any atom is -0.395 e. The lowest BCUT2D eigenvalue weighted by atomic mass is 10.1. The second-order valence-electron chi connectivity index (χ2n) is 5.33. The van der Waals surface area contributed by atoms with E-state index in [2.05, 4.69) is 24.4 Å². The van der Waals surface area contributed by atoms with Crippen molar-refractivity contribution in [3.05, 3.63) is 29.3 Å². The van der Waals surface area contributed by atoms with Gasteiger partial charge in [-0.05, 0) is 48.9 Å². The van der Waals surface area contributed by atoms with E-state index in [0.717, 1.165) is 31.4 Å². The molecule has 1 aromatic carbocycles. The molecule has 2 amide bonds. The zero-order valence-electron chi connectivity index (χ0n) is 12.2. The van der Waals surface area contributed by atoms with Gasteiger partial charge in [-0.15, -0.1) is 0 Å². The molecule has 4 heteroatoms. The Bertz CT molecular complexity index is 460. The Kier molecular flexibility index (Phi) is 5.41. The highest BCUT2D eigenvalue weighted by molar-refractivity contribution is 5.89. The van der Waals surface area contributed by atoms with Gasteiger partial charge in [0.2, 0.25) is 0 Å². The minimum absolute atomic E-state index is 0.00131. The van der Waals surface area contributed by atoms with Gasteiger partial charge < -0.3 is 15.3 Å². The quantitative estimate of drug-likeness (QED) is 0.839. The van der Waals surface area contributed by atoms with Crippen LogP contribution in [0.3, 0.4) is 0 Å². The van der Waals surface area contributed by atoms with Gasteiger partial charge >= 0.3 is 6.03 Å². The second kappa shape index (κ2) is 7.29. The summed E-state index contributed by atoms with van der Waals surface area (Å²) in [5.74, 6) is 0. The highest BCUT2D eigenvalue weighted by Gasteiger charge is 2.15. The van der Waals surface area contributed by atoms with Gasteiger partial charge in [0.15, 0.2) is 0 Å². The summed E-state index contributed by atoms with van der Waals surface area (Å²) in [4.78, 5) is 13.9. The molecule has 4 nitrogen and oxygen atoms in total. The van der Waals surface area contributed by atoms with E-state index in [1.807, 2.05) is 6.07 Å². The molecule has 2 rings (SSSR count). The van der Waals surface area contributed by atoms with Gasteiger partial charge in [0, 0.05) is 18.8 Å². The molecule has 1 aliphatic rings. The normalized spacial score (nSPS) is 13.1. The number of aliphatic hydroxyl groups excluding tert-OH is 1. The molecule has 0 aliphatic heterocycles. The van der Waals surface area contributed by atoms with E-state index in [1.54, 1.807) is 4.90 Å². The number of nitrogens with one attached hydrogen (secondary N) is 1. The van der Waals surface area contributed by atoms with E-state index in [-0.39, 0.29) is 12.6 Å². The predicted octanol–water partition coefficient (Wildman–Crippen LogP) is 2.80. The summed E-state index contributed by atoms with van der Waals surface area (Å²) in [7, 11) is 0. The van der Waals surface area contributed by atoms with Crippen molar-refractivity contribution in [3.63, 3.8) is 0 Å². The molecule has 0 bridgehead atoms. The van der Waals surface area contributed by atoms with Gasteiger partial charge in [0.25, 0.3) is 0 Å². The average molecular weight is 276 g/mol. The van der Waals surface area contributed by atoms with Crippen LogP contribution in [0.4, 0.5) is 10.5 Å². The van der Waals surface area contributed by atoms with Gasteiger partial charge in [0.1, 0.15) is 0 Å². The van der Waals surface area contributed by atoms with Crippen molar-refractivity contribution in [3.8, 4) is 0 Å². The lowest BCUT2D eigenvalue weighted by Gasteiger charge is -2.22. The van der Waals surface area contributed by atoms with Gasteiger partial charge in [-0.2, -0.15) is 0 Å². The van der Waals surface area contributed by atoms with Crippen molar-refractivity contribution in [2.45, 2.75) is 39.0 Å². The molecule has 0 unspecified atom stereocenters. The number of carbonyl (C=O) groups is 1. The Balaban J connectivity index is 1.98. The van der Waals surface area contributed by atoms with Crippen molar-refractivity contribution in [1.82, 2.24) is 4.90 Å². The maximum Gasteiger partial charge on any atom is 0.321 e. The molecule has 2 N–H and O–H groups in total. The number of fused-ring (bicyclic) bond motifs is 1. The van der Waals surface area contributed by atoms with E-state index in [9.17, 15) is 4.79 Å². The number of nitrogens with zero attached hydrogens (tertiary/aromatic N) is 1. The third-order valence-corrected chi connectivity index (χ3v) is 3.79.